The van der Waals surface area contributed by atoms with Crippen LogP contribution in [0.25, 0.3) is 0 Å². The first-order valence-corrected chi connectivity index (χ1v) is 6.85. The molecule has 100 valence electrons. The molecule has 4 heteroatoms. The van der Waals surface area contributed by atoms with Crippen molar-refractivity contribution in [2.24, 2.45) is 10.9 Å². The van der Waals surface area contributed by atoms with Gasteiger partial charge in [-0.3, -0.25) is 4.99 Å². The summed E-state index contributed by atoms with van der Waals surface area (Å²) in [6.45, 7) is 9.83. The molecule has 0 saturated heterocycles. The van der Waals surface area contributed by atoms with Crippen molar-refractivity contribution in [3.8, 4) is 0 Å². The maximum Gasteiger partial charge on any atom is 0.191 e. The summed E-state index contributed by atoms with van der Waals surface area (Å²) in [5.74, 6) is 1.77. The van der Waals surface area contributed by atoms with E-state index in [0.29, 0.717) is 6.04 Å². The molecule has 17 heavy (non-hydrogen) atoms. The first-order chi connectivity index (χ1) is 8.22. The standard InChI is InChI=1S/C13H27N3O/c1-4-14-13(16-11(2)3)15-8-5-9-17-10-12-6-7-12/h11-12H,4-10H2,1-3H3,(H2,14,15,16). The van der Waals surface area contributed by atoms with E-state index in [1.807, 2.05) is 0 Å². The lowest BCUT2D eigenvalue weighted by Gasteiger charge is -2.13. The fraction of sp³-hybridized carbons (Fsp3) is 0.923. The minimum absolute atomic E-state index is 0.416. The average molecular weight is 241 g/mol. The van der Waals surface area contributed by atoms with Gasteiger partial charge in [0.25, 0.3) is 0 Å². The van der Waals surface area contributed by atoms with Crippen molar-refractivity contribution in [2.45, 2.75) is 46.1 Å². The van der Waals surface area contributed by atoms with Crippen LogP contribution >= 0.6 is 0 Å². The van der Waals surface area contributed by atoms with Gasteiger partial charge < -0.3 is 15.4 Å². The van der Waals surface area contributed by atoms with Crippen molar-refractivity contribution in [1.29, 1.82) is 0 Å². The zero-order chi connectivity index (χ0) is 12.5. The summed E-state index contributed by atoms with van der Waals surface area (Å²) in [4.78, 5) is 4.50. The van der Waals surface area contributed by atoms with Crippen LogP contribution in [0.1, 0.15) is 40.0 Å². The van der Waals surface area contributed by atoms with Gasteiger partial charge in [0.2, 0.25) is 0 Å². The molecule has 0 aromatic heterocycles. The zero-order valence-corrected chi connectivity index (χ0v) is 11.5. The first-order valence-electron chi connectivity index (χ1n) is 6.85. The lowest BCUT2D eigenvalue weighted by molar-refractivity contribution is 0.123. The molecular weight excluding hydrogens is 214 g/mol. The number of hydrogen-bond acceptors (Lipinski definition) is 2. The lowest BCUT2D eigenvalue weighted by atomic mass is 10.4. The Balaban J connectivity index is 2.04. The molecule has 0 aromatic rings. The SMILES string of the molecule is CCNC(=NCCCOCC1CC1)NC(C)C. The van der Waals surface area contributed by atoms with Crippen molar-refractivity contribution in [2.75, 3.05) is 26.3 Å². The summed E-state index contributed by atoms with van der Waals surface area (Å²) in [5.41, 5.74) is 0. The summed E-state index contributed by atoms with van der Waals surface area (Å²) in [6, 6.07) is 0.416. The van der Waals surface area contributed by atoms with Crippen molar-refractivity contribution in [1.82, 2.24) is 10.6 Å². The Morgan fingerprint density at radius 2 is 2.18 bits per heavy atom. The van der Waals surface area contributed by atoms with Crippen molar-refractivity contribution in [3.05, 3.63) is 0 Å². The predicted octanol–water partition coefficient (Wildman–Crippen LogP) is 1.77. The van der Waals surface area contributed by atoms with Crippen LogP contribution in [0.2, 0.25) is 0 Å². The molecule has 0 bridgehead atoms. The Morgan fingerprint density at radius 3 is 2.76 bits per heavy atom. The largest absolute Gasteiger partial charge is 0.381 e. The van der Waals surface area contributed by atoms with E-state index >= 15 is 0 Å². The maximum absolute atomic E-state index is 5.57. The van der Waals surface area contributed by atoms with Crippen LogP contribution < -0.4 is 10.6 Å². The highest BCUT2D eigenvalue weighted by Gasteiger charge is 2.20. The molecule has 0 spiro atoms. The highest BCUT2D eigenvalue weighted by Crippen LogP contribution is 2.28. The minimum Gasteiger partial charge on any atom is -0.381 e. The number of ether oxygens (including phenoxy) is 1. The number of rotatable bonds is 8. The highest BCUT2D eigenvalue weighted by molar-refractivity contribution is 5.79. The lowest BCUT2D eigenvalue weighted by Crippen LogP contribution is -2.41. The minimum atomic E-state index is 0.416. The fourth-order valence-electron chi connectivity index (χ4n) is 1.49. The van der Waals surface area contributed by atoms with Crippen molar-refractivity contribution in [3.63, 3.8) is 0 Å². The molecule has 1 aliphatic rings. The first kappa shape index (κ1) is 14.3. The van der Waals surface area contributed by atoms with Gasteiger partial charge in [-0.15, -0.1) is 0 Å². The third-order valence-electron chi connectivity index (χ3n) is 2.54. The molecule has 1 fully saturated rings. The van der Waals surface area contributed by atoms with Crippen molar-refractivity contribution >= 4 is 5.96 Å². The van der Waals surface area contributed by atoms with E-state index < -0.39 is 0 Å². The van der Waals surface area contributed by atoms with Gasteiger partial charge in [-0.2, -0.15) is 0 Å². The second kappa shape index (κ2) is 8.34. The number of nitrogens with one attached hydrogen (secondary N) is 2. The Labute approximate surface area is 105 Å². The van der Waals surface area contributed by atoms with E-state index in [2.05, 4.69) is 36.4 Å². The van der Waals surface area contributed by atoms with Gasteiger partial charge in [0, 0.05) is 32.3 Å². The van der Waals surface area contributed by atoms with Gasteiger partial charge in [0.15, 0.2) is 5.96 Å². The quantitative estimate of drug-likeness (QED) is 0.387. The van der Waals surface area contributed by atoms with Crippen LogP contribution in [-0.4, -0.2) is 38.3 Å². The zero-order valence-electron chi connectivity index (χ0n) is 11.5. The monoisotopic (exact) mass is 241 g/mol. The Hall–Kier alpha value is -0.770. The van der Waals surface area contributed by atoms with Crippen molar-refractivity contribution < 1.29 is 4.74 Å². The third kappa shape index (κ3) is 8.02. The molecule has 1 rings (SSSR count). The maximum atomic E-state index is 5.57. The molecule has 0 aliphatic heterocycles. The second-order valence-electron chi connectivity index (χ2n) is 4.93. The third-order valence-corrected chi connectivity index (χ3v) is 2.54. The van der Waals surface area contributed by atoms with Gasteiger partial charge in [-0.05, 0) is 46.0 Å². The summed E-state index contributed by atoms with van der Waals surface area (Å²) >= 11 is 0. The van der Waals surface area contributed by atoms with E-state index in [4.69, 9.17) is 4.74 Å². The van der Waals surface area contributed by atoms with Gasteiger partial charge in [-0.1, -0.05) is 0 Å². The van der Waals surface area contributed by atoms with Gasteiger partial charge in [0.1, 0.15) is 0 Å². The van der Waals surface area contributed by atoms with Crippen LogP contribution in [0.15, 0.2) is 4.99 Å². The number of aliphatic imine (C=N–C) groups is 1. The number of hydrogen-bond donors (Lipinski definition) is 2. The highest BCUT2D eigenvalue weighted by atomic mass is 16.5. The topological polar surface area (TPSA) is 45.7 Å². The molecule has 0 heterocycles. The van der Waals surface area contributed by atoms with E-state index in [1.54, 1.807) is 0 Å². The van der Waals surface area contributed by atoms with E-state index in [9.17, 15) is 0 Å². The normalized spacial score (nSPS) is 16.4. The molecule has 0 amide bonds. The van der Waals surface area contributed by atoms with E-state index in [-0.39, 0.29) is 0 Å². The molecular formula is C13H27N3O. The molecule has 0 radical (unpaired) electrons. The average Bonchev–Trinajstić information content (AvgIpc) is 3.06. The summed E-state index contributed by atoms with van der Waals surface area (Å²) < 4.78 is 5.57. The van der Waals surface area contributed by atoms with E-state index in [0.717, 1.165) is 44.6 Å². The van der Waals surface area contributed by atoms with Gasteiger partial charge >= 0.3 is 0 Å². The van der Waals surface area contributed by atoms with Crippen LogP contribution in [0, 0.1) is 5.92 Å². The summed E-state index contributed by atoms with van der Waals surface area (Å²) in [5, 5.41) is 6.53. The number of nitrogens with zero attached hydrogens (tertiary/aromatic N) is 1. The summed E-state index contributed by atoms with van der Waals surface area (Å²) in [6.07, 6.45) is 3.73. The molecule has 0 atom stereocenters. The predicted molar refractivity (Wildman–Crippen MR) is 72.4 cm³/mol. The van der Waals surface area contributed by atoms with Crippen LogP contribution in [-0.2, 0) is 4.74 Å². The van der Waals surface area contributed by atoms with Crippen LogP contribution in [0.3, 0.4) is 0 Å². The van der Waals surface area contributed by atoms with Gasteiger partial charge in [-0.25, -0.2) is 0 Å². The Kier molecular flexibility index (Phi) is 7.01. The fourth-order valence-corrected chi connectivity index (χ4v) is 1.49. The molecule has 0 aromatic carbocycles. The van der Waals surface area contributed by atoms with Crippen LogP contribution in [0.4, 0.5) is 0 Å². The molecule has 1 saturated carbocycles. The summed E-state index contributed by atoms with van der Waals surface area (Å²) in [7, 11) is 0. The smallest absolute Gasteiger partial charge is 0.191 e. The number of guanidine groups is 1. The Bertz CT molecular complexity index is 225. The molecule has 2 N–H and O–H groups in total. The van der Waals surface area contributed by atoms with E-state index in [1.165, 1.54) is 12.8 Å². The second-order valence-corrected chi connectivity index (χ2v) is 4.93. The molecule has 0 unspecified atom stereocenters. The molecule has 1 aliphatic carbocycles. The molecule has 4 nitrogen and oxygen atoms in total. The van der Waals surface area contributed by atoms with Crippen LogP contribution in [0.5, 0.6) is 0 Å². The van der Waals surface area contributed by atoms with Gasteiger partial charge in [0.05, 0.1) is 0 Å². The Morgan fingerprint density at radius 1 is 1.41 bits per heavy atom.